The average Bonchev–Trinajstić information content (AvgIpc) is 2.39. The predicted molar refractivity (Wildman–Crippen MR) is 69.1 cm³/mol. The first-order chi connectivity index (χ1) is 8.76. The van der Waals surface area contributed by atoms with Crippen molar-refractivity contribution in [1.82, 2.24) is 0 Å². The maximum absolute atomic E-state index is 11.2. The van der Waals surface area contributed by atoms with Gasteiger partial charge < -0.3 is 14.2 Å². The molecule has 0 N–H and O–H groups in total. The van der Waals surface area contributed by atoms with E-state index < -0.39 is 0 Å². The first-order valence-corrected chi connectivity index (χ1v) is 6.81. The number of carbonyl (C=O) groups is 1. The molecule has 1 aliphatic heterocycles. The number of ether oxygens (including phenoxy) is 3. The standard InChI is InChI=1S/C14H24O4/c1-3-12(8-7-9-13(15)16-4-2)18-14-10-5-6-11-17-14/h3,12,14H,1,4-11H2,2H3. The second-order valence-corrected chi connectivity index (χ2v) is 4.40. The molecule has 1 rings (SSSR count). The van der Waals surface area contributed by atoms with E-state index in [0.717, 1.165) is 38.7 Å². The third-order valence-corrected chi connectivity index (χ3v) is 2.90. The van der Waals surface area contributed by atoms with Gasteiger partial charge in [-0.15, -0.1) is 6.58 Å². The highest BCUT2D eigenvalue weighted by Gasteiger charge is 2.18. The van der Waals surface area contributed by atoms with Crippen LogP contribution in [0.15, 0.2) is 12.7 Å². The van der Waals surface area contributed by atoms with Crippen LogP contribution in [0.2, 0.25) is 0 Å². The van der Waals surface area contributed by atoms with Gasteiger partial charge in [0, 0.05) is 13.0 Å². The van der Waals surface area contributed by atoms with E-state index in [-0.39, 0.29) is 18.4 Å². The molecule has 2 unspecified atom stereocenters. The van der Waals surface area contributed by atoms with Gasteiger partial charge in [-0.3, -0.25) is 4.79 Å². The highest BCUT2D eigenvalue weighted by atomic mass is 16.7. The number of hydrogen-bond donors (Lipinski definition) is 0. The summed E-state index contributed by atoms with van der Waals surface area (Å²) in [6, 6.07) is 0. The normalized spacial score (nSPS) is 21.3. The lowest BCUT2D eigenvalue weighted by atomic mass is 10.1. The maximum atomic E-state index is 11.2. The molecule has 1 saturated heterocycles. The summed E-state index contributed by atoms with van der Waals surface area (Å²) < 4.78 is 16.2. The zero-order valence-corrected chi connectivity index (χ0v) is 11.2. The highest BCUT2D eigenvalue weighted by molar-refractivity contribution is 5.69. The number of esters is 1. The van der Waals surface area contributed by atoms with E-state index in [4.69, 9.17) is 14.2 Å². The summed E-state index contributed by atoms with van der Waals surface area (Å²) in [5, 5.41) is 0. The summed E-state index contributed by atoms with van der Waals surface area (Å²) >= 11 is 0. The van der Waals surface area contributed by atoms with Crippen LogP contribution in [0.3, 0.4) is 0 Å². The van der Waals surface area contributed by atoms with Gasteiger partial charge >= 0.3 is 5.97 Å². The Kier molecular flexibility index (Phi) is 7.69. The lowest BCUT2D eigenvalue weighted by Crippen LogP contribution is -2.27. The average molecular weight is 256 g/mol. The second kappa shape index (κ2) is 9.11. The molecule has 0 amide bonds. The van der Waals surface area contributed by atoms with Gasteiger partial charge in [-0.05, 0) is 39.0 Å². The zero-order valence-electron chi connectivity index (χ0n) is 11.2. The molecule has 0 bridgehead atoms. The van der Waals surface area contributed by atoms with Crippen molar-refractivity contribution in [3.05, 3.63) is 12.7 Å². The van der Waals surface area contributed by atoms with Crippen molar-refractivity contribution in [2.75, 3.05) is 13.2 Å². The Morgan fingerprint density at radius 3 is 3.00 bits per heavy atom. The van der Waals surface area contributed by atoms with Gasteiger partial charge in [0.2, 0.25) is 0 Å². The Labute approximate surface area is 109 Å². The van der Waals surface area contributed by atoms with Crippen LogP contribution in [0.4, 0.5) is 0 Å². The summed E-state index contributed by atoms with van der Waals surface area (Å²) in [4.78, 5) is 11.2. The molecule has 4 heteroatoms. The zero-order chi connectivity index (χ0) is 13.2. The van der Waals surface area contributed by atoms with Gasteiger partial charge in [0.05, 0.1) is 12.7 Å². The smallest absolute Gasteiger partial charge is 0.305 e. The molecule has 18 heavy (non-hydrogen) atoms. The van der Waals surface area contributed by atoms with Crippen molar-refractivity contribution >= 4 is 5.97 Å². The molecule has 1 aliphatic rings. The fraction of sp³-hybridized carbons (Fsp3) is 0.786. The molecular weight excluding hydrogens is 232 g/mol. The van der Waals surface area contributed by atoms with Crippen molar-refractivity contribution in [3.63, 3.8) is 0 Å². The monoisotopic (exact) mass is 256 g/mol. The van der Waals surface area contributed by atoms with Crippen molar-refractivity contribution in [1.29, 1.82) is 0 Å². The lowest BCUT2D eigenvalue weighted by molar-refractivity contribution is -0.179. The minimum atomic E-state index is -0.144. The van der Waals surface area contributed by atoms with Gasteiger partial charge in [0.15, 0.2) is 6.29 Å². The molecule has 104 valence electrons. The molecule has 0 aromatic rings. The van der Waals surface area contributed by atoms with Gasteiger partial charge in [0.1, 0.15) is 0 Å². The third-order valence-electron chi connectivity index (χ3n) is 2.90. The van der Waals surface area contributed by atoms with Gasteiger partial charge in [0.25, 0.3) is 0 Å². The summed E-state index contributed by atoms with van der Waals surface area (Å²) in [5.74, 6) is -0.144. The summed E-state index contributed by atoms with van der Waals surface area (Å²) in [7, 11) is 0. The van der Waals surface area contributed by atoms with Crippen LogP contribution in [0.1, 0.15) is 45.4 Å². The van der Waals surface area contributed by atoms with Crippen molar-refractivity contribution in [2.45, 2.75) is 57.8 Å². The molecule has 2 atom stereocenters. The largest absolute Gasteiger partial charge is 0.466 e. The quantitative estimate of drug-likeness (QED) is 0.495. The van der Waals surface area contributed by atoms with Crippen LogP contribution in [0.25, 0.3) is 0 Å². The third kappa shape index (κ3) is 6.17. The molecule has 4 nitrogen and oxygen atoms in total. The molecule has 0 aromatic carbocycles. The Hall–Kier alpha value is -0.870. The predicted octanol–water partition coefficient (Wildman–Crippen LogP) is 2.82. The Morgan fingerprint density at radius 1 is 1.56 bits per heavy atom. The first kappa shape index (κ1) is 15.2. The van der Waals surface area contributed by atoms with Crippen molar-refractivity contribution in [2.24, 2.45) is 0 Å². The van der Waals surface area contributed by atoms with Crippen LogP contribution < -0.4 is 0 Å². The highest BCUT2D eigenvalue weighted by Crippen LogP contribution is 2.18. The molecule has 0 spiro atoms. The van der Waals surface area contributed by atoms with Gasteiger partial charge in [-0.2, -0.15) is 0 Å². The second-order valence-electron chi connectivity index (χ2n) is 4.40. The Bertz CT molecular complexity index is 246. The van der Waals surface area contributed by atoms with Gasteiger partial charge in [-0.25, -0.2) is 0 Å². The minimum Gasteiger partial charge on any atom is -0.466 e. The molecule has 1 heterocycles. The molecule has 0 aliphatic carbocycles. The van der Waals surface area contributed by atoms with E-state index in [0.29, 0.717) is 13.0 Å². The fourth-order valence-electron chi connectivity index (χ4n) is 1.94. The van der Waals surface area contributed by atoms with E-state index in [2.05, 4.69) is 6.58 Å². The molecule has 0 saturated carbocycles. The van der Waals surface area contributed by atoms with E-state index in [1.165, 1.54) is 0 Å². The number of hydrogen-bond acceptors (Lipinski definition) is 4. The lowest BCUT2D eigenvalue weighted by Gasteiger charge is -2.26. The minimum absolute atomic E-state index is 0.0393. The van der Waals surface area contributed by atoms with E-state index in [9.17, 15) is 4.79 Å². The molecule has 1 fully saturated rings. The summed E-state index contributed by atoms with van der Waals surface area (Å²) in [6.07, 6.45) is 6.81. The molecule has 0 radical (unpaired) electrons. The van der Waals surface area contributed by atoms with E-state index in [1.54, 1.807) is 6.08 Å². The molecular formula is C14H24O4. The fourth-order valence-corrected chi connectivity index (χ4v) is 1.94. The number of carbonyl (C=O) groups excluding carboxylic acids is 1. The van der Waals surface area contributed by atoms with Crippen molar-refractivity contribution in [3.8, 4) is 0 Å². The van der Waals surface area contributed by atoms with Gasteiger partial charge in [-0.1, -0.05) is 6.08 Å². The van der Waals surface area contributed by atoms with Crippen LogP contribution in [-0.2, 0) is 19.0 Å². The Morgan fingerprint density at radius 2 is 2.39 bits per heavy atom. The number of rotatable bonds is 8. The SMILES string of the molecule is C=CC(CCCC(=O)OCC)OC1CCCCO1. The summed E-state index contributed by atoms with van der Waals surface area (Å²) in [5.41, 5.74) is 0. The maximum Gasteiger partial charge on any atom is 0.305 e. The van der Waals surface area contributed by atoms with Crippen LogP contribution in [0.5, 0.6) is 0 Å². The van der Waals surface area contributed by atoms with Crippen LogP contribution in [0, 0.1) is 0 Å². The topological polar surface area (TPSA) is 44.8 Å². The van der Waals surface area contributed by atoms with E-state index in [1.807, 2.05) is 6.92 Å². The Balaban J connectivity index is 2.16. The van der Waals surface area contributed by atoms with Crippen LogP contribution >= 0.6 is 0 Å². The summed E-state index contributed by atoms with van der Waals surface area (Å²) in [6.45, 7) is 6.79. The molecule has 0 aromatic heterocycles. The van der Waals surface area contributed by atoms with E-state index >= 15 is 0 Å². The van der Waals surface area contributed by atoms with Crippen molar-refractivity contribution < 1.29 is 19.0 Å². The van der Waals surface area contributed by atoms with Crippen LogP contribution in [-0.4, -0.2) is 31.6 Å². The first-order valence-electron chi connectivity index (χ1n) is 6.81.